The summed E-state index contributed by atoms with van der Waals surface area (Å²) in [6.07, 6.45) is -4.62. The first-order valence-corrected chi connectivity index (χ1v) is 8.12. The molecule has 2 aromatic rings. The molecule has 1 aliphatic heterocycles. The standard InChI is InChI=1S/C16H9Cl2F3N2O4/c17-11-5-8(16(19,20)21)6-12(18)14(11)27-9-1-2-13(23(24)25)10(7-9)15-22-3-4-26-15/h1-2,5-7H,3-4H2. The summed E-state index contributed by atoms with van der Waals surface area (Å²) in [7, 11) is 0. The van der Waals surface area contributed by atoms with Gasteiger partial charge in [0.1, 0.15) is 17.9 Å². The monoisotopic (exact) mass is 420 g/mol. The van der Waals surface area contributed by atoms with Crippen molar-refractivity contribution in [3.63, 3.8) is 0 Å². The fourth-order valence-electron chi connectivity index (χ4n) is 2.35. The van der Waals surface area contributed by atoms with Gasteiger partial charge in [0.15, 0.2) is 5.75 Å². The van der Waals surface area contributed by atoms with E-state index in [2.05, 4.69) is 4.99 Å². The topological polar surface area (TPSA) is 74.0 Å². The molecule has 0 fully saturated rings. The minimum Gasteiger partial charge on any atom is -0.475 e. The number of nitro benzene ring substituents is 1. The van der Waals surface area contributed by atoms with Gasteiger partial charge in [-0.1, -0.05) is 23.2 Å². The summed E-state index contributed by atoms with van der Waals surface area (Å²) in [6.45, 7) is 0.641. The maximum atomic E-state index is 12.8. The molecule has 0 bridgehead atoms. The lowest BCUT2D eigenvalue weighted by Gasteiger charge is -2.14. The zero-order valence-corrected chi connectivity index (χ0v) is 14.7. The van der Waals surface area contributed by atoms with Crippen LogP contribution in [0.2, 0.25) is 10.0 Å². The molecule has 11 heteroatoms. The molecule has 1 heterocycles. The molecule has 0 radical (unpaired) electrons. The number of hydrogen-bond donors (Lipinski definition) is 0. The van der Waals surface area contributed by atoms with Crippen LogP contribution in [0.25, 0.3) is 0 Å². The van der Waals surface area contributed by atoms with Crippen LogP contribution in [0, 0.1) is 10.1 Å². The van der Waals surface area contributed by atoms with Crippen molar-refractivity contribution in [1.82, 2.24) is 0 Å². The van der Waals surface area contributed by atoms with E-state index in [0.29, 0.717) is 18.7 Å². The Hall–Kier alpha value is -2.52. The number of hydrogen-bond acceptors (Lipinski definition) is 5. The lowest BCUT2D eigenvalue weighted by Crippen LogP contribution is -2.06. The zero-order chi connectivity index (χ0) is 19.8. The average molecular weight is 421 g/mol. The minimum absolute atomic E-state index is 0.0670. The second kappa shape index (κ2) is 7.24. The zero-order valence-electron chi connectivity index (χ0n) is 13.2. The second-order valence-corrected chi connectivity index (χ2v) is 6.15. The Kier molecular flexibility index (Phi) is 5.16. The summed E-state index contributed by atoms with van der Waals surface area (Å²) in [5.41, 5.74) is -1.20. The molecule has 2 aromatic carbocycles. The molecule has 6 nitrogen and oxygen atoms in total. The molecular weight excluding hydrogens is 412 g/mol. The number of rotatable bonds is 4. The normalized spacial score (nSPS) is 13.9. The number of aliphatic imine (C=N–C) groups is 1. The van der Waals surface area contributed by atoms with Crippen molar-refractivity contribution in [2.75, 3.05) is 13.2 Å². The third-order valence-electron chi connectivity index (χ3n) is 3.53. The van der Waals surface area contributed by atoms with Crippen LogP contribution in [0.15, 0.2) is 35.3 Å². The molecule has 0 unspecified atom stereocenters. The van der Waals surface area contributed by atoms with Crippen molar-refractivity contribution in [2.24, 2.45) is 4.99 Å². The quantitative estimate of drug-likeness (QED) is 0.484. The van der Waals surface area contributed by atoms with Gasteiger partial charge in [0, 0.05) is 12.1 Å². The molecule has 0 aliphatic carbocycles. The molecule has 0 N–H and O–H groups in total. The first-order valence-electron chi connectivity index (χ1n) is 7.37. The van der Waals surface area contributed by atoms with Crippen molar-refractivity contribution >= 4 is 34.8 Å². The van der Waals surface area contributed by atoms with Gasteiger partial charge in [0.05, 0.1) is 27.1 Å². The summed E-state index contributed by atoms with van der Waals surface area (Å²) >= 11 is 11.7. The van der Waals surface area contributed by atoms with Crippen LogP contribution < -0.4 is 4.74 Å². The van der Waals surface area contributed by atoms with Crippen LogP contribution in [-0.4, -0.2) is 24.0 Å². The van der Waals surface area contributed by atoms with Crippen molar-refractivity contribution in [3.05, 3.63) is 61.6 Å². The van der Waals surface area contributed by atoms with Crippen LogP contribution in [0.3, 0.4) is 0 Å². The molecule has 0 spiro atoms. The van der Waals surface area contributed by atoms with Gasteiger partial charge in [0.25, 0.3) is 5.69 Å². The van der Waals surface area contributed by atoms with E-state index in [1.54, 1.807) is 0 Å². The second-order valence-electron chi connectivity index (χ2n) is 5.34. The van der Waals surface area contributed by atoms with Gasteiger partial charge in [-0.3, -0.25) is 10.1 Å². The molecule has 27 heavy (non-hydrogen) atoms. The van der Waals surface area contributed by atoms with Crippen LogP contribution in [-0.2, 0) is 10.9 Å². The number of nitrogens with zero attached hydrogens (tertiary/aromatic N) is 2. The highest BCUT2D eigenvalue weighted by atomic mass is 35.5. The summed E-state index contributed by atoms with van der Waals surface area (Å²) in [5, 5.41) is 10.5. The molecule has 0 aromatic heterocycles. The van der Waals surface area contributed by atoms with Crippen molar-refractivity contribution in [2.45, 2.75) is 6.18 Å². The van der Waals surface area contributed by atoms with Gasteiger partial charge in [-0.25, -0.2) is 4.99 Å². The average Bonchev–Trinajstić information content (AvgIpc) is 3.11. The van der Waals surface area contributed by atoms with E-state index < -0.39 is 16.7 Å². The van der Waals surface area contributed by atoms with Gasteiger partial charge >= 0.3 is 6.18 Å². The Morgan fingerprint density at radius 3 is 2.37 bits per heavy atom. The molecule has 1 aliphatic rings. The van der Waals surface area contributed by atoms with Crippen molar-refractivity contribution in [1.29, 1.82) is 0 Å². The number of ether oxygens (including phenoxy) is 2. The molecule has 0 saturated carbocycles. The lowest BCUT2D eigenvalue weighted by molar-refractivity contribution is -0.385. The largest absolute Gasteiger partial charge is 0.475 e. The molecule has 0 amide bonds. The molecule has 0 saturated heterocycles. The SMILES string of the molecule is O=[N+]([O-])c1ccc(Oc2c(Cl)cc(C(F)(F)F)cc2Cl)cc1C1=NCCO1. The molecule has 3 rings (SSSR count). The van der Waals surface area contributed by atoms with Crippen LogP contribution in [0.5, 0.6) is 11.5 Å². The summed E-state index contributed by atoms with van der Waals surface area (Å²) in [5.74, 6) is -0.0606. The summed E-state index contributed by atoms with van der Waals surface area (Å²) < 4.78 is 49.1. The summed E-state index contributed by atoms with van der Waals surface area (Å²) in [6, 6.07) is 5.08. The molecule has 0 atom stereocenters. The van der Waals surface area contributed by atoms with Gasteiger partial charge in [-0.2, -0.15) is 13.2 Å². The Morgan fingerprint density at radius 2 is 1.85 bits per heavy atom. The third-order valence-corrected chi connectivity index (χ3v) is 4.09. The van der Waals surface area contributed by atoms with E-state index in [1.807, 2.05) is 0 Å². The number of alkyl halides is 3. The molecular formula is C16H9Cl2F3N2O4. The first kappa shape index (κ1) is 19.2. The van der Waals surface area contributed by atoms with Crippen LogP contribution in [0.4, 0.5) is 18.9 Å². The third kappa shape index (κ3) is 4.09. The fourth-order valence-corrected chi connectivity index (χ4v) is 2.91. The highest BCUT2D eigenvalue weighted by molar-refractivity contribution is 6.37. The van der Waals surface area contributed by atoms with E-state index in [9.17, 15) is 23.3 Å². The van der Waals surface area contributed by atoms with Crippen LogP contribution >= 0.6 is 23.2 Å². The lowest BCUT2D eigenvalue weighted by atomic mass is 10.1. The smallest absolute Gasteiger partial charge is 0.416 e. The van der Waals surface area contributed by atoms with Gasteiger partial charge < -0.3 is 9.47 Å². The van der Waals surface area contributed by atoms with Gasteiger partial charge in [-0.15, -0.1) is 0 Å². The maximum Gasteiger partial charge on any atom is 0.416 e. The Balaban J connectivity index is 1.99. The van der Waals surface area contributed by atoms with Gasteiger partial charge in [0.2, 0.25) is 5.90 Å². The number of benzene rings is 2. The number of nitro groups is 1. The predicted molar refractivity (Wildman–Crippen MR) is 92.0 cm³/mol. The van der Waals surface area contributed by atoms with Crippen molar-refractivity contribution < 1.29 is 27.6 Å². The summed E-state index contributed by atoms with van der Waals surface area (Å²) in [4.78, 5) is 14.6. The van der Waals surface area contributed by atoms with E-state index in [-0.39, 0.29) is 45.3 Å². The number of halogens is 5. The predicted octanol–water partition coefficient (Wildman–Crippen LogP) is 5.49. The Morgan fingerprint density at radius 1 is 1.19 bits per heavy atom. The minimum atomic E-state index is -4.62. The van der Waals surface area contributed by atoms with Crippen LogP contribution in [0.1, 0.15) is 11.1 Å². The van der Waals surface area contributed by atoms with E-state index >= 15 is 0 Å². The Bertz CT molecular complexity index is 925. The van der Waals surface area contributed by atoms with E-state index in [4.69, 9.17) is 32.7 Å². The van der Waals surface area contributed by atoms with Gasteiger partial charge in [-0.05, 0) is 18.2 Å². The van der Waals surface area contributed by atoms with Crippen molar-refractivity contribution in [3.8, 4) is 11.5 Å². The maximum absolute atomic E-state index is 12.8. The molecule has 142 valence electrons. The fraction of sp³-hybridized carbons (Fsp3) is 0.188. The highest BCUT2D eigenvalue weighted by Gasteiger charge is 2.32. The first-order chi connectivity index (χ1) is 12.7. The van der Waals surface area contributed by atoms with E-state index in [1.165, 1.54) is 18.2 Å². The van der Waals surface area contributed by atoms with E-state index in [0.717, 1.165) is 0 Å². The Labute approximate surface area is 160 Å². The highest BCUT2D eigenvalue weighted by Crippen LogP contribution is 2.42.